The van der Waals surface area contributed by atoms with E-state index in [1.54, 1.807) is 11.8 Å². The molecule has 7 heteroatoms. The summed E-state index contributed by atoms with van der Waals surface area (Å²) in [4.78, 5) is 11.1. The average molecular weight is 377 g/mol. The Kier molecular flexibility index (Phi) is 28.9. The molecule has 0 saturated heterocycles. The van der Waals surface area contributed by atoms with Gasteiger partial charge < -0.3 is 10.1 Å². The standard InChI is InChI=1S/C9H16N4O2S.C5H12.2C2H6/c1-15-6-8-5-13(12-11-8)4-3-10-9(14)7-16-2;1-3-5-4-2;2*1-2/h5H,3-4,6-7H2,1-2H3,(H,10,14);3-5H2,1-2H3;2*1-2H3. The van der Waals surface area contributed by atoms with Crippen LogP contribution >= 0.6 is 11.8 Å². The van der Waals surface area contributed by atoms with Gasteiger partial charge in [-0.05, 0) is 6.26 Å². The lowest BCUT2D eigenvalue weighted by Crippen LogP contribution is -2.28. The zero-order chi connectivity index (χ0) is 19.9. The summed E-state index contributed by atoms with van der Waals surface area (Å²) in [5, 5.41) is 10.6. The molecule has 1 amide bonds. The molecule has 25 heavy (non-hydrogen) atoms. The summed E-state index contributed by atoms with van der Waals surface area (Å²) in [7, 11) is 1.61. The average Bonchev–Trinajstić information content (AvgIpc) is 3.08. The number of unbranched alkanes of at least 4 members (excludes halogenated alkanes) is 2. The number of aromatic nitrogens is 3. The smallest absolute Gasteiger partial charge is 0.230 e. The predicted molar refractivity (Wildman–Crippen MR) is 110 cm³/mol. The van der Waals surface area contributed by atoms with Gasteiger partial charge in [-0.3, -0.25) is 9.48 Å². The molecule has 0 radical (unpaired) electrons. The highest BCUT2D eigenvalue weighted by Gasteiger charge is 2.01. The Morgan fingerprint density at radius 2 is 1.84 bits per heavy atom. The molecule has 0 aliphatic rings. The fraction of sp³-hybridized carbons (Fsp3) is 0.833. The van der Waals surface area contributed by atoms with Crippen LogP contribution in [0.15, 0.2) is 6.20 Å². The second-order valence-electron chi connectivity index (χ2n) is 4.54. The third kappa shape index (κ3) is 20.9. The van der Waals surface area contributed by atoms with Gasteiger partial charge in [0.15, 0.2) is 0 Å². The summed E-state index contributed by atoms with van der Waals surface area (Å²) in [5.74, 6) is 0.538. The highest BCUT2D eigenvalue weighted by molar-refractivity contribution is 7.99. The van der Waals surface area contributed by atoms with Gasteiger partial charge in [0, 0.05) is 13.7 Å². The molecule has 0 aliphatic carbocycles. The summed E-state index contributed by atoms with van der Waals surface area (Å²) < 4.78 is 6.62. The summed E-state index contributed by atoms with van der Waals surface area (Å²) in [6.07, 6.45) is 7.78. The molecule has 1 aromatic rings. The molecule has 0 saturated carbocycles. The van der Waals surface area contributed by atoms with Gasteiger partial charge >= 0.3 is 0 Å². The van der Waals surface area contributed by atoms with Crippen molar-refractivity contribution in [2.24, 2.45) is 0 Å². The monoisotopic (exact) mass is 376 g/mol. The maximum Gasteiger partial charge on any atom is 0.230 e. The van der Waals surface area contributed by atoms with Crippen molar-refractivity contribution in [2.75, 3.05) is 25.7 Å². The predicted octanol–water partition coefficient (Wildman–Crippen LogP) is 4.15. The molecule has 1 aromatic heterocycles. The second kappa shape index (κ2) is 25.2. The Balaban J connectivity index is -0.000000454. The maximum absolute atomic E-state index is 11.1. The van der Waals surface area contributed by atoms with Gasteiger partial charge in [-0.1, -0.05) is 66.0 Å². The largest absolute Gasteiger partial charge is 0.378 e. The fourth-order valence-corrected chi connectivity index (χ4v) is 1.87. The van der Waals surface area contributed by atoms with Crippen LogP contribution < -0.4 is 5.32 Å². The van der Waals surface area contributed by atoms with Crippen LogP contribution in [-0.4, -0.2) is 46.6 Å². The molecular formula is C18H40N4O2S. The Hall–Kier alpha value is -1.08. The zero-order valence-electron chi connectivity index (χ0n) is 17.6. The molecule has 0 spiro atoms. The summed E-state index contributed by atoms with van der Waals surface area (Å²) in [6.45, 7) is 14.1. The van der Waals surface area contributed by atoms with Gasteiger partial charge in [-0.25, -0.2) is 0 Å². The van der Waals surface area contributed by atoms with Crippen molar-refractivity contribution >= 4 is 17.7 Å². The van der Waals surface area contributed by atoms with Gasteiger partial charge in [-0.15, -0.1) is 5.10 Å². The Bertz CT molecular complexity index is 372. The molecule has 1 heterocycles. The molecule has 0 bridgehead atoms. The quantitative estimate of drug-likeness (QED) is 0.701. The molecule has 0 unspecified atom stereocenters. The van der Waals surface area contributed by atoms with Crippen LogP contribution in [0.2, 0.25) is 0 Å². The number of carbonyl (C=O) groups is 1. The molecule has 6 nitrogen and oxygen atoms in total. The van der Waals surface area contributed by atoms with Crippen molar-refractivity contribution in [1.82, 2.24) is 20.3 Å². The number of nitrogens with zero attached hydrogens (tertiary/aromatic N) is 3. The second-order valence-corrected chi connectivity index (χ2v) is 5.41. The van der Waals surface area contributed by atoms with Crippen LogP contribution in [0.5, 0.6) is 0 Å². The summed E-state index contributed by atoms with van der Waals surface area (Å²) >= 11 is 1.50. The van der Waals surface area contributed by atoms with E-state index in [0.717, 1.165) is 5.69 Å². The van der Waals surface area contributed by atoms with Crippen LogP contribution in [-0.2, 0) is 22.7 Å². The number of thioether (sulfide) groups is 1. The SMILES string of the molecule is CC.CC.CCCCC.COCc1cn(CCNC(=O)CSC)nn1. The van der Waals surface area contributed by atoms with E-state index >= 15 is 0 Å². The van der Waals surface area contributed by atoms with Gasteiger partial charge in [0.25, 0.3) is 0 Å². The van der Waals surface area contributed by atoms with Crippen LogP contribution in [0.3, 0.4) is 0 Å². The van der Waals surface area contributed by atoms with E-state index in [9.17, 15) is 4.79 Å². The lowest BCUT2D eigenvalue weighted by Gasteiger charge is -2.03. The highest BCUT2D eigenvalue weighted by Crippen LogP contribution is 1.94. The maximum atomic E-state index is 11.1. The Morgan fingerprint density at radius 1 is 1.24 bits per heavy atom. The van der Waals surface area contributed by atoms with Crippen molar-refractivity contribution in [1.29, 1.82) is 0 Å². The van der Waals surface area contributed by atoms with Gasteiger partial charge in [0.1, 0.15) is 5.69 Å². The lowest BCUT2D eigenvalue weighted by molar-refractivity contribution is -0.118. The number of amides is 1. The normalized spacial score (nSPS) is 8.80. The third-order valence-corrected chi connectivity index (χ3v) is 3.07. The van der Waals surface area contributed by atoms with Crippen LogP contribution in [0.25, 0.3) is 0 Å². The molecule has 1 rings (SSSR count). The van der Waals surface area contributed by atoms with Crippen LogP contribution in [0, 0.1) is 0 Å². The minimum Gasteiger partial charge on any atom is -0.378 e. The number of rotatable bonds is 9. The number of hydrogen-bond donors (Lipinski definition) is 1. The first kappa shape index (κ1) is 28.7. The number of nitrogens with one attached hydrogen (secondary N) is 1. The molecule has 0 aliphatic heterocycles. The first-order chi connectivity index (χ1) is 12.2. The van der Waals surface area contributed by atoms with Crippen molar-refractivity contribution in [3.05, 3.63) is 11.9 Å². The Labute approximate surface area is 159 Å². The minimum atomic E-state index is 0.0460. The van der Waals surface area contributed by atoms with E-state index in [2.05, 4.69) is 29.5 Å². The molecule has 1 N–H and O–H groups in total. The van der Waals surface area contributed by atoms with Crippen LogP contribution in [0.4, 0.5) is 0 Å². The van der Waals surface area contributed by atoms with E-state index in [-0.39, 0.29) is 5.91 Å². The van der Waals surface area contributed by atoms with E-state index < -0.39 is 0 Å². The topological polar surface area (TPSA) is 69.0 Å². The van der Waals surface area contributed by atoms with E-state index in [4.69, 9.17) is 4.74 Å². The number of hydrogen-bond acceptors (Lipinski definition) is 5. The van der Waals surface area contributed by atoms with Crippen molar-refractivity contribution < 1.29 is 9.53 Å². The lowest BCUT2D eigenvalue weighted by atomic mass is 10.3. The van der Waals surface area contributed by atoms with Crippen molar-refractivity contribution in [2.45, 2.75) is 74.0 Å². The highest BCUT2D eigenvalue weighted by atomic mass is 32.2. The summed E-state index contributed by atoms with van der Waals surface area (Å²) in [6, 6.07) is 0. The van der Waals surface area contributed by atoms with E-state index in [0.29, 0.717) is 25.4 Å². The van der Waals surface area contributed by atoms with Gasteiger partial charge in [0.05, 0.1) is 25.1 Å². The minimum absolute atomic E-state index is 0.0460. The molecule has 150 valence electrons. The van der Waals surface area contributed by atoms with E-state index in [1.165, 1.54) is 31.0 Å². The molecule has 0 atom stereocenters. The number of methoxy groups -OCH3 is 1. The first-order valence-corrected chi connectivity index (χ1v) is 10.7. The first-order valence-electron chi connectivity index (χ1n) is 9.31. The van der Waals surface area contributed by atoms with Gasteiger partial charge in [0.2, 0.25) is 5.91 Å². The molecular weight excluding hydrogens is 336 g/mol. The van der Waals surface area contributed by atoms with Crippen molar-refractivity contribution in [3.63, 3.8) is 0 Å². The number of carbonyl (C=O) groups excluding carboxylic acids is 1. The molecule has 0 aromatic carbocycles. The van der Waals surface area contributed by atoms with Gasteiger partial charge in [-0.2, -0.15) is 11.8 Å². The number of ether oxygens (including phenoxy) is 1. The van der Waals surface area contributed by atoms with Crippen molar-refractivity contribution in [3.8, 4) is 0 Å². The zero-order valence-corrected chi connectivity index (χ0v) is 18.4. The Morgan fingerprint density at radius 3 is 2.28 bits per heavy atom. The van der Waals surface area contributed by atoms with E-state index in [1.807, 2.05) is 40.1 Å². The van der Waals surface area contributed by atoms with Crippen LogP contribution in [0.1, 0.15) is 66.5 Å². The molecule has 0 fully saturated rings. The third-order valence-electron chi connectivity index (χ3n) is 2.52. The summed E-state index contributed by atoms with van der Waals surface area (Å²) in [5.41, 5.74) is 0.790. The fourth-order valence-electron chi connectivity index (χ4n) is 1.51.